The van der Waals surface area contributed by atoms with E-state index in [1.165, 1.54) is 12.3 Å². The number of aliphatic hydroxyl groups excluding tert-OH is 1. The van der Waals surface area contributed by atoms with Gasteiger partial charge in [-0.15, -0.1) is 0 Å². The fourth-order valence-corrected chi connectivity index (χ4v) is 1.86. The molecule has 6 heteroatoms. The van der Waals surface area contributed by atoms with Crippen molar-refractivity contribution in [2.45, 2.75) is 13.0 Å². The largest absolute Gasteiger partial charge is 0.463 e. The number of anilines is 1. The first-order valence-corrected chi connectivity index (χ1v) is 5.73. The molecule has 1 aromatic carbocycles. The number of carbonyl (C=O) groups is 1. The van der Waals surface area contributed by atoms with E-state index in [4.69, 9.17) is 16.3 Å². The van der Waals surface area contributed by atoms with E-state index in [0.717, 1.165) is 6.07 Å². The number of esters is 1. The molecule has 0 bridgehead atoms. The summed E-state index contributed by atoms with van der Waals surface area (Å²) in [4.78, 5) is 11.6. The Hall–Kier alpha value is -1.59. The van der Waals surface area contributed by atoms with Crippen molar-refractivity contribution in [1.29, 1.82) is 0 Å². The Balaban J connectivity index is 2.36. The van der Waals surface area contributed by atoms with E-state index >= 15 is 0 Å². The van der Waals surface area contributed by atoms with E-state index in [1.54, 1.807) is 6.92 Å². The molecule has 4 nitrogen and oxygen atoms in total. The summed E-state index contributed by atoms with van der Waals surface area (Å²) in [6, 6.07) is 2.45. The molecule has 2 rings (SSSR count). The van der Waals surface area contributed by atoms with Gasteiger partial charge in [-0.3, -0.25) is 0 Å². The first-order chi connectivity index (χ1) is 8.54. The molecule has 1 aliphatic rings. The van der Waals surface area contributed by atoms with Crippen molar-refractivity contribution in [3.63, 3.8) is 0 Å². The Labute approximate surface area is 108 Å². The highest BCUT2D eigenvalue weighted by Gasteiger charge is 2.28. The van der Waals surface area contributed by atoms with Gasteiger partial charge in [-0.1, -0.05) is 11.6 Å². The first-order valence-electron chi connectivity index (χ1n) is 5.35. The molecule has 0 spiro atoms. The monoisotopic (exact) mass is 271 g/mol. The number of aliphatic hydroxyl groups is 1. The minimum absolute atomic E-state index is 0.0334. The Morgan fingerprint density at radius 2 is 2.33 bits per heavy atom. The summed E-state index contributed by atoms with van der Waals surface area (Å²) in [5.41, 5.74) is 0.746. The van der Waals surface area contributed by atoms with E-state index < -0.39 is 17.9 Å². The molecule has 1 aliphatic heterocycles. The Kier molecular flexibility index (Phi) is 3.54. The summed E-state index contributed by atoms with van der Waals surface area (Å²) < 4.78 is 18.1. The van der Waals surface area contributed by atoms with Crippen molar-refractivity contribution in [3.8, 4) is 0 Å². The van der Waals surface area contributed by atoms with Crippen LogP contribution in [0.4, 0.5) is 10.1 Å². The van der Waals surface area contributed by atoms with E-state index in [1.807, 2.05) is 0 Å². The average molecular weight is 272 g/mol. The molecule has 96 valence electrons. The van der Waals surface area contributed by atoms with E-state index in [9.17, 15) is 14.3 Å². The predicted molar refractivity (Wildman–Crippen MR) is 64.7 cm³/mol. The van der Waals surface area contributed by atoms with Gasteiger partial charge in [-0.05, 0) is 19.1 Å². The van der Waals surface area contributed by atoms with Gasteiger partial charge in [-0.2, -0.15) is 0 Å². The van der Waals surface area contributed by atoms with Gasteiger partial charge in [0.1, 0.15) is 11.9 Å². The van der Waals surface area contributed by atoms with Crippen molar-refractivity contribution in [1.82, 2.24) is 0 Å². The molecule has 0 amide bonds. The van der Waals surface area contributed by atoms with Crippen LogP contribution in [-0.4, -0.2) is 17.7 Å². The molecule has 0 aromatic heterocycles. The first kappa shape index (κ1) is 12.9. The lowest BCUT2D eigenvalue weighted by Gasteiger charge is -2.23. The molecule has 1 aromatic rings. The van der Waals surface area contributed by atoms with Crippen molar-refractivity contribution < 1.29 is 19.0 Å². The lowest BCUT2D eigenvalue weighted by atomic mass is 9.97. The van der Waals surface area contributed by atoms with E-state index in [-0.39, 0.29) is 22.8 Å². The topological polar surface area (TPSA) is 58.6 Å². The van der Waals surface area contributed by atoms with E-state index in [0.29, 0.717) is 5.69 Å². The lowest BCUT2D eigenvalue weighted by molar-refractivity contribution is -0.139. The average Bonchev–Trinajstić information content (AvgIpc) is 2.32. The number of halogens is 2. The van der Waals surface area contributed by atoms with Gasteiger partial charge in [0.25, 0.3) is 0 Å². The number of fused-ring (bicyclic) bond motifs is 1. The summed E-state index contributed by atoms with van der Waals surface area (Å²) in [7, 11) is 0. The molecule has 1 unspecified atom stereocenters. The van der Waals surface area contributed by atoms with Gasteiger partial charge in [0, 0.05) is 17.5 Å². The maximum atomic E-state index is 13.3. The molecule has 1 heterocycles. The van der Waals surface area contributed by atoms with Gasteiger partial charge >= 0.3 is 5.97 Å². The SMILES string of the molecule is CCOC(=O)C1=CNc2cc(Cl)c(F)cc2C1O. The zero-order valence-electron chi connectivity index (χ0n) is 9.54. The number of rotatable bonds is 2. The van der Waals surface area contributed by atoms with Gasteiger partial charge in [0.05, 0.1) is 17.2 Å². The summed E-state index contributed by atoms with van der Waals surface area (Å²) in [6.45, 7) is 1.86. The predicted octanol–water partition coefficient (Wildman–Crippen LogP) is 2.39. The fraction of sp³-hybridized carbons (Fsp3) is 0.250. The zero-order chi connectivity index (χ0) is 13.3. The second-order valence-electron chi connectivity index (χ2n) is 3.72. The standard InChI is InChI=1S/C12H11ClFNO3/c1-2-18-12(17)7-5-15-10-4-8(13)9(14)3-6(10)11(7)16/h3-5,11,15-16H,2H2,1H3. The van der Waals surface area contributed by atoms with Crippen molar-refractivity contribution in [3.05, 3.63) is 40.3 Å². The van der Waals surface area contributed by atoms with Crippen molar-refractivity contribution in [2.24, 2.45) is 0 Å². The van der Waals surface area contributed by atoms with Crippen LogP contribution in [0.2, 0.25) is 5.02 Å². The van der Waals surface area contributed by atoms with Crippen LogP contribution in [0, 0.1) is 5.82 Å². The molecule has 0 saturated carbocycles. The lowest BCUT2D eigenvalue weighted by Crippen LogP contribution is -2.20. The zero-order valence-corrected chi connectivity index (χ0v) is 10.3. The van der Waals surface area contributed by atoms with Crippen molar-refractivity contribution in [2.75, 3.05) is 11.9 Å². The summed E-state index contributed by atoms with van der Waals surface area (Å²) in [5.74, 6) is -1.29. The third kappa shape index (κ3) is 2.19. The van der Waals surface area contributed by atoms with Crippen LogP contribution >= 0.6 is 11.6 Å². The van der Waals surface area contributed by atoms with Crippen LogP contribution < -0.4 is 5.32 Å². The number of carbonyl (C=O) groups excluding carboxylic acids is 1. The summed E-state index contributed by atoms with van der Waals surface area (Å²) in [6.07, 6.45) is 0.103. The second kappa shape index (κ2) is 4.96. The minimum Gasteiger partial charge on any atom is -0.463 e. The van der Waals surface area contributed by atoms with Crippen LogP contribution in [0.25, 0.3) is 0 Å². The molecule has 2 N–H and O–H groups in total. The van der Waals surface area contributed by atoms with Crippen LogP contribution in [0.3, 0.4) is 0 Å². The third-order valence-corrected chi connectivity index (χ3v) is 2.87. The number of ether oxygens (including phenoxy) is 1. The molecule has 0 radical (unpaired) electrons. The minimum atomic E-state index is -1.23. The van der Waals surface area contributed by atoms with Gasteiger partial charge in [0.2, 0.25) is 0 Å². The van der Waals surface area contributed by atoms with Gasteiger partial charge in [0.15, 0.2) is 0 Å². The molecule has 18 heavy (non-hydrogen) atoms. The highest BCUT2D eigenvalue weighted by molar-refractivity contribution is 6.31. The number of hydrogen-bond acceptors (Lipinski definition) is 4. The fourth-order valence-electron chi connectivity index (χ4n) is 1.70. The molecule has 1 atom stereocenters. The van der Waals surface area contributed by atoms with Gasteiger partial charge < -0.3 is 15.2 Å². The van der Waals surface area contributed by atoms with Gasteiger partial charge in [-0.25, -0.2) is 9.18 Å². The summed E-state index contributed by atoms with van der Waals surface area (Å²) >= 11 is 5.63. The van der Waals surface area contributed by atoms with E-state index in [2.05, 4.69) is 5.32 Å². The normalized spacial score (nSPS) is 17.6. The van der Waals surface area contributed by atoms with Crippen LogP contribution in [-0.2, 0) is 9.53 Å². The Bertz CT molecular complexity index is 530. The quantitative estimate of drug-likeness (QED) is 0.811. The highest BCUT2D eigenvalue weighted by Crippen LogP contribution is 2.35. The maximum Gasteiger partial charge on any atom is 0.338 e. The third-order valence-electron chi connectivity index (χ3n) is 2.58. The van der Waals surface area contributed by atoms with Crippen molar-refractivity contribution >= 4 is 23.3 Å². The number of benzene rings is 1. The van der Waals surface area contributed by atoms with Crippen LogP contribution in [0.1, 0.15) is 18.6 Å². The van der Waals surface area contributed by atoms with Crippen LogP contribution in [0.15, 0.2) is 23.9 Å². The smallest absolute Gasteiger partial charge is 0.338 e. The molecular weight excluding hydrogens is 261 g/mol. The molecule has 0 aliphatic carbocycles. The number of hydrogen-bond donors (Lipinski definition) is 2. The second-order valence-corrected chi connectivity index (χ2v) is 4.13. The van der Waals surface area contributed by atoms with Crippen LogP contribution in [0.5, 0.6) is 0 Å². The number of nitrogens with one attached hydrogen (secondary N) is 1. The molecule has 0 saturated heterocycles. The Morgan fingerprint density at radius 1 is 1.61 bits per heavy atom. The Morgan fingerprint density at radius 3 is 3.00 bits per heavy atom. The molecule has 0 fully saturated rings. The summed E-state index contributed by atoms with van der Waals surface area (Å²) in [5, 5.41) is 12.7. The molecular formula is C12H11ClFNO3. The maximum absolute atomic E-state index is 13.3. The highest BCUT2D eigenvalue weighted by atomic mass is 35.5.